The number of rotatable bonds is 5. The summed E-state index contributed by atoms with van der Waals surface area (Å²) >= 11 is 0. The molecule has 0 spiro atoms. The zero-order valence-electron chi connectivity index (χ0n) is 16.9. The van der Waals surface area contributed by atoms with Gasteiger partial charge in [0, 0.05) is 0 Å². The van der Waals surface area contributed by atoms with Crippen molar-refractivity contribution in [1.29, 1.82) is 0 Å². The van der Waals surface area contributed by atoms with Crippen LogP contribution in [0.15, 0.2) is 91.0 Å². The molecule has 152 valence electrons. The molecule has 0 radical (unpaired) electrons. The summed E-state index contributed by atoms with van der Waals surface area (Å²) in [6, 6.07) is 27.4. The van der Waals surface area contributed by atoms with Gasteiger partial charge >= 0.3 is 11.9 Å². The van der Waals surface area contributed by atoms with E-state index in [1.54, 1.807) is 48.5 Å². The highest BCUT2D eigenvalue weighted by Gasteiger charge is 2.21. The van der Waals surface area contributed by atoms with E-state index in [0.29, 0.717) is 22.3 Å². The van der Waals surface area contributed by atoms with E-state index in [2.05, 4.69) is 0 Å². The summed E-state index contributed by atoms with van der Waals surface area (Å²) in [4.78, 5) is 23.9. The zero-order chi connectivity index (χ0) is 22.0. The third-order valence-electron chi connectivity index (χ3n) is 5.32. The van der Waals surface area contributed by atoms with Crippen molar-refractivity contribution >= 4 is 11.9 Å². The first kappa shape index (κ1) is 20.1. The topological polar surface area (TPSA) is 74.6 Å². The zero-order valence-corrected chi connectivity index (χ0v) is 16.9. The van der Waals surface area contributed by atoms with Gasteiger partial charge in [0.15, 0.2) is 0 Å². The largest absolute Gasteiger partial charge is 0.478 e. The molecular weight excluding hydrogens is 388 g/mol. The second kappa shape index (κ2) is 8.28. The second-order valence-electron chi connectivity index (χ2n) is 7.28. The number of aryl methyl sites for hydroxylation is 1. The molecule has 4 rings (SSSR count). The van der Waals surface area contributed by atoms with Crippen molar-refractivity contribution in [2.45, 2.75) is 6.92 Å². The van der Waals surface area contributed by atoms with Gasteiger partial charge in [0.2, 0.25) is 0 Å². The Bertz CT molecular complexity index is 1290. The Kier molecular flexibility index (Phi) is 5.37. The number of hydrogen-bond donors (Lipinski definition) is 2. The molecule has 0 heterocycles. The van der Waals surface area contributed by atoms with Crippen LogP contribution in [0.4, 0.5) is 0 Å². The van der Waals surface area contributed by atoms with Crippen molar-refractivity contribution in [1.82, 2.24) is 0 Å². The van der Waals surface area contributed by atoms with E-state index in [1.807, 2.05) is 49.4 Å². The highest BCUT2D eigenvalue weighted by atomic mass is 16.4. The van der Waals surface area contributed by atoms with Crippen LogP contribution in [0.3, 0.4) is 0 Å². The highest BCUT2D eigenvalue weighted by Crippen LogP contribution is 2.41. The van der Waals surface area contributed by atoms with Crippen LogP contribution >= 0.6 is 0 Å². The summed E-state index contributed by atoms with van der Waals surface area (Å²) in [6.45, 7) is 1.92. The molecule has 0 saturated heterocycles. The van der Waals surface area contributed by atoms with Gasteiger partial charge in [-0.25, -0.2) is 9.59 Å². The third-order valence-corrected chi connectivity index (χ3v) is 5.32. The van der Waals surface area contributed by atoms with Crippen LogP contribution in [0.5, 0.6) is 0 Å². The lowest BCUT2D eigenvalue weighted by Crippen LogP contribution is -2.04. The highest BCUT2D eigenvalue weighted by molar-refractivity contribution is 6.04. The molecule has 4 heteroatoms. The predicted molar refractivity (Wildman–Crippen MR) is 121 cm³/mol. The average molecular weight is 408 g/mol. The van der Waals surface area contributed by atoms with Gasteiger partial charge in [-0.1, -0.05) is 72.8 Å². The Morgan fingerprint density at radius 2 is 1.10 bits per heavy atom. The van der Waals surface area contributed by atoms with Crippen LogP contribution in [-0.4, -0.2) is 22.2 Å². The standard InChI is InChI=1S/C27H20O4/c1-17-15-19(18-9-3-2-4-10-18)16-24(20-11-5-7-13-22(20)26(28)29)25(17)21-12-6-8-14-23(21)27(30)31/h2-16H,1H3,(H,28,29)(H,30,31). The minimum absolute atomic E-state index is 0.168. The van der Waals surface area contributed by atoms with Gasteiger partial charge in [-0.3, -0.25) is 0 Å². The summed E-state index contributed by atoms with van der Waals surface area (Å²) < 4.78 is 0. The van der Waals surface area contributed by atoms with E-state index in [1.165, 1.54) is 0 Å². The van der Waals surface area contributed by atoms with Gasteiger partial charge in [0.05, 0.1) is 11.1 Å². The molecule has 0 aliphatic rings. The fraction of sp³-hybridized carbons (Fsp3) is 0.0370. The number of aromatic carboxylic acids is 2. The Hall–Kier alpha value is -4.18. The number of hydrogen-bond acceptors (Lipinski definition) is 2. The predicted octanol–water partition coefficient (Wildman–Crippen LogP) is 6.39. The van der Waals surface area contributed by atoms with E-state index in [-0.39, 0.29) is 11.1 Å². The Morgan fingerprint density at radius 1 is 0.581 bits per heavy atom. The Labute approximate surface area is 180 Å². The normalized spacial score (nSPS) is 10.6. The quantitative estimate of drug-likeness (QED) is 0.401. The van der Waals surface area contributed by atoms with Crippen molar-refractivity contribution in [3.05, 3.63) is 108 Å². The molecule has 0 bridgehead atoms. The molecule has 0 aliphatic carbocycles. The number of benzene rings is 4. The number of carboxylic acid groups (broad SMARTS) is 2. The van der Waals surface area contributed by atoms with Gasteiger partial charge in [-0.2, -0.15) is 0 Å². The number of carboxylic acids is 2. The lowest BCUT2D eigenvalue weighted by Gasteiger charge is -2.19. The van der Waals surface area contributed by atoms with E-state index in [9.17, 15) is 19.8 Å². The molecule has 0 unspecified atom stereocenters. The minimum atomic E-state index is -1.03. The summed E-state index contributed by atoms with van der Waals surface area (Å²) in [5, 5.41) is 19.6. The van der Waals surface area contributed by atoms with Crippen molar-refractivity contribution in [2.24, 2.45) is 0 Å². The van der Waals surface area contributed by atoms with Crippen LogP contribution in [0.1, 0.15) is 26.3 Å². The van der Waals surface area contributed by atoms with Gasteiger partial charge < -0.3 is 10.2 Å². The monoisotopic (exact) mass is 408 g/mol. The van der Waals surface area contributed by atoms with Crippen LogP contribution in [0.25, 0.3) is 33.4 Å². The first-order valence-electron chi connectivity index (χ1n) is 9.83. The first-order chi connectivity index (χ1) is 15.0. The van der Waals surface area contributed by atoms with Crippen LogP contribution < -0.4 is 0 Å². The summed E-state index contributed by atoms with van der Waals surface area (Å²) in [5.41, 5.74) is 5.64. The van der Waals surface area contributed by atoms with Crippen molar-refractivity contribution in [3.63, 3.8) is 0 Å². The lowest BCUT2D eigenvalue weighted by atomic mass is 9.84. The molecule has 0 aromatic heterocycles. The van der Waals surface area contributed by atoms with Gasteiger partial charge in [-0.05, 0) is 64.1 Å². The molecular formula is C27H20O4. The van der Waals surface area contributed by atoms with Crippen LogP contribution in [0.2, 0.25) is 0 Å². The SMILES string of the molecule is Cc1cc(-c2ccccc2)cc(-c2ccccc2C(=O)O)c1-c1ccccc1C(=O)O. The summed E-state index contributed by atoms with van der Waals surface area (Å²) in [5.74, 6) is -2.06. The molecule has 0 saturated carbocycles. The lowest BCUT2D eigenvalue weighted by molar-refractivity contribution is 0.0686. The molecule has 2 N–H and O–H groups in total. The van der Waals surface area contributed by atoms with E-state index >= 15 is 0 Å². The average Bonchev–Trinajstić information content (AvgIpc) is 2.79. The Morgan fingerprint density at radius 3 is 1.71 bits per heavy atom. The fourth-order valence-electron chi connectivity index (χ4n) is 3.95. The Balaban J connectivity index is 2.10. The molecule has 31 heavy (non-hydrogen) atoms. The second-order valence-corrected chi connectivity index (χ2v) is 7.28. The maximum absolute atomic E-state index is 12.0. The van der Waals surface area contributed by atoms with Gasteiger partial charge in [0.1, 0.15) is 0 Å². The van der Waals surface area contributed by atoms with Crippen molar-refractivity contribution in [2.75, 3.05) is 0 Å². The molecule has 4 aromatic rings. The van der Waals surface area contributed by atoms with Crippen LogP contribution in [-0.2, 0) is 0 Å². The van der Waals surface area contributed by atoms with Crippen molar-refractivity contribution in [3.8, 4) is 33.4 Å². The number of carbonyl (C=O) groups is 2. The first-order valence-corrected chi connectivity index (χ1v) is 9.83. The van der Waals surface area contributed by atoms with E-state index < -0.39 is 11.9 Å². The molecule has 4 aromatic carbocycles. The van der Waals surface area contributed by atoms with Crippen molar-refractivity contribution < 1.29 is 19.8 Å². The van der Waals surface area contributed by atoms with Crippen LogP contribution in [0, 0.1) is 6.92 Å². The molecule has 0 amide bonds. The molecule has 0 atom stereocenters. The maximum Gasteiger partial charge on any atom is 0.336 e. The summed E-state index contributed by atoms with van der Waals surface area (Å²) in [6.07, 6.45) is 0. The van der Waals surface area contributed by atoms with Gasteiger partial charge in [0.25, 0.3) is 0 Å². The molecule has 4 nitrogen and oxygen atoms in total. The molecule has 0 fully saturated rings. The summed E-state index contributed by atoms with van der Waals surface area (Å²) in [7, 11) is 0. The fourth-order valence-corrected chi connectivity index (χ4v) is 3.95. The smallest absolute Gasteiger partial charge is 0.336 e. The molecule has 0 aliphatic heterocycles. The van der Waals surface area contributed by atoms with E-state index in [4.69, 9.17) is 0 Å². The maximum atomic E-state index is 12.0. The third kappa shape index (κ3) is 3.83. The minimum Gasteiger partial charge on any atom is -0.478 e. The van der Waals surface area contributed by atoms with Gasteiger partial charge in [-0.15, -0.1) is 0 Å². The van der Waals surface area contributed by atoms with E-state index in [0.717, 1.165) is 16.7 Å².